The second-order valence-electron chi connectivity index (χ2n) is 5.40. The van der Waals surface area contributed by atoms with Crippen molar-refractivity contribution < 1.29 is 8.78 Å². The predicted molar refractivity (Wildman–Crippen MR) is 72.7 cm³/mol. The number of likely N-dealkylation sites (N-methyl/N-ethyl adjacent to an activating group) is 1. The van der Waals surface area contributed by atoms with Crippen LogP contribution in [0.1, 0.15) is 37.8 Å². The molecule has 2 nitrogen and oxygen atoms in total. The molecular formula is C15H22F2N2. The quantitative estimate of drug-likeness (QED) is 0.859. The summed E-state index contributed by atoms with van der Waals surface area (Å²) >= 11 is 0. The van der Waals surface area contributed by atoms with Gasteiger partial charge in [0, 0.05) is 24.7 Å². The lowest BCUT2D eigenvalue weighted by Gasteiger charge is -2.33. The molecule has 0 radical (unpaired) electrons. The van der Waals surface area contributed by atoms with Crippen molar-refractivity contribution in [3.05, 3.63) is 35.4 Å². The van der Waals surface area contributed by atoms with E-state index in [0.29, 0.717) is 6.54 Å². The number of halogens is 2. The molecule has 1 aliphatic rings. The second kappa shape index (κ2) is 6.44. The molecule has 1 atom stereocenters. The van der Waals surface area contributed by atoms with Crippen LogP contribution >= 0.6 is 0 Å². The first-order chi connectivity index (χ1) is 9.11. The SMILES string of the molecule is CCN(CC1CCC1)CC(N)c1cccc(F)c1F. The maximum atomic E-state index is 13.7. The summed E-state index contributed by atoms with van der Waals surface area (Å²) in [6.07, 6.45) is 3.87. The Hall–Kier alpha value is -1.00. The standard InChI is InChI=1S/C15H22F2N2/c1-2-19(9-11-5-3-6-11)10-14(18)12-7-4-8-13(16)15(12)17/h4,7-8,11,14H,2-3,5-6,9-10,18H2,1H3. The van der Waals surface area contributed by atoms with E-state index in [1.54, 1.807) is 6.07 Å². The lowest BCUT2D eigenvalue weighted by atomic mass is 9.85. The van der Waals surface area contributed by atoms with Crippen LogP contribution in [0.2, 0.25) is 0 Å². The molecule has 2 N–H and O–H groups in total. The van der Waals surface area contributed by atoms with E-state index in [1.807, 2.05) is 0 Å². The fourth-order valence-corrected chi connectivity index (χ4v) is 2.56. The van der Waals surface area contributed by atoms with Gasteiger partial charge in [-0.1, -0.05) is 25.5 Å². The van der Waals surface area contributed by atoms with Crippen LogP contribution < -0.4 is 5.73 Å². The third-order valence-corrected chi connectivity index (χ3v) is 4.02. The summed E-state index contributed by atoms with van der Waals surface area (Å²) in [4.78, 5) is 2.23. The minimum absolute atomic E-state index is 0.270. The van der Waals surface area contributed by atoms with E-state index in [9.17, 15) is 8.78 Å². The molecule has 1 aromatic carbocycles. The van der Waals surface area contributed by atoms with Gasteiger partial charge in [-0.25, -0.2) is 8.78 Å². The zero-order valence-electron chi connectivity index (χ0n) is 11.4. The van der Waals surface area contributed by atoms with Crippen LogP contribution in [0.15, 0.2) is 18.2 Å². The molecule has 0 bridgehead atoms. The summed E-state index contributed by atoms with van der Waals surface area (Å²) < 4.78 is 26.9. The van der Waals surface area contributed by atoms with Crippen LogP contribution in [0.5, 0.6) is 0 Å². The Kier molecular flexibility index (Phi) is 4.88. The third-order valence-electron chi connectivity index (χ3n) is 4.02. The van der Waals surface area contributed by atoms with E-state index in [4.69, 9.17) is 5.73 Å². The number of hydrogen-bond acceptors (Lipinski definition) is 2. The van der Waals surface area contributed by atoms with Gasteiger partial charge in [0.05, 0.1) is 0 Å². The van der Waals surface area contributed by atoms with Crippen LogP contribution in [0.25, 0.3) is 0 Å². The Bertz CT molecular complexity index is 419. The van der Waals surface area contributed by atoms with Crippen molar-refractivity contribution in [2.75, 3.05) is 19.6 Å². The molecular weight excluding hydrogens is 246 g/mol. The number of rotatable bonds is 6. The van der Waals surface area contributed by atoms with Gasteiger partial charge in [-0.2, -0.15) is 0 Å². The molecule has 0 heterocycles. The van der Waals surface area contributed by atoms with Gasteiger partial charge >= 0.3 is 0 Å². The zero-order chi connectivity index (χ0) is 13.8. The summed E-state index contributed by atoms with van der Waals surface area (Å²) in [5, 5.41) is 0. The topological polar surface area (TPSA) is 29.3 Å². The molecule has 1 aromatic rings. The molecule has 1 unspecified atom stereocenters. The van der Waals surface area contributed by atoms with Crippen molar-refractivity contribution in [3.8, 4) is 0 Å². The fraction of sp³-hybridized carbons (Fsp3) is 0.600. The Balaban J connectivity index is 1.97. The summed E-state index contributed by atoms with van der Waals surface area (Å²) in [5.41, 5.74) is 6.30. The van der Waals surface area contributed by atoms with Crippen molar-refractivity contribution >= 4 is 0 Å². The van der Waals surface area contributed by atoms with Gasteiger partial charge in [0.2, 0.25) is 0 Å². The molecule has 4 heteroatoms. The Morgan fingerprint density at radius 2 is 2.11 bits per heavy atom. The number of nitrogens with two attached hydrogens (primary N) is 1. The number of benzene rings is 1. The molecule has 0 saturated heterocycles. The number of nitrogens with zero attached hydrogens (tertiary/aromatic N) is 1. The van der Waals surface area contributed by atoms with Crippen LogP contribution in [-0.2, 0) is 0 Å². The maximum Gasteiger partial charge on any atom is 0.163 e. The molecule has 0 aromatic heterocycles. The first kappa shape index (κ1) is 14.4. The van der Waals surface area contributed by atoms with Crippen molar-refractivity contribution in [2.45, 2.75) is 32.2 Å². The third kappa shape index (κ3) is 3.51. The molecule has 0 aliphatic heterocycles. The molecule has 0 amide bonds. The summed E-state index contributed by atoms with van der Waals surface area (Å²) in [6, 6.07) is 3.73. The lowest BCUT2D eigenvalue weighted by molar-refractivity contribution is 0.176. The smallest absolute Gasteiger partial charge is 0.163 e. The van der Waals surface area contributed by atoms with Crippen LogP contribution in [-0.4, -0.2) is 24.5 Å². The van der Waals surface area contributed by atoms with Gasteiger partial charge in [0.15, 0.2) is 11.6 Å². The predicted octanol–water partition coefficient (Wildman–Crippen LogP) is 3.09. The monoisotopic (exact) mass is 268 g/mol. The van der Waals surface area contributed by atoms with E-state index in [1.165, 1.54) is 25.3 Å². The van der Waals surface area contributed by atoms with Crippen molar-refractivity contribution in [2.24, 2.45) is 11.7 Å². The number of hydrogen-bond donors (Lipinski definition) is 1. The molecule has 1 fully saturated rings. The highest BCUT2D eigenvalue weighted by molar-refractivity contribution is 5.22. The van der Waals surface area contributed by atoms with Gasteiger partial charge in [-0.05, 0) is 31.4 Å². The highest BCUT2D eigenvalue weighted by Gasteiger charge is 2.22. The minimum Gasteiger partial charge on any atom is -0.323 e. The summed E-state index contributed by atoms with van der Waals surface area (Å²) in [6.45, 7) is 4.56. The summed E-state index contributed by atoms with van der Waals surface area (Å²) in [7, 11) is 0. The highest BCUT2D eigenvalue weighted by Crippen LogP contribution is 2.27. The second-order valence-corrected chi connectivity index (χ2v) is 5.40. The Labute approximate surface area is 113 Å². The van der Waals surface area contributed by atoms with E-state index in [-0.39, 0.29) is 5.56 Å². The van der Waals surface area contributed by atoms with Crippen LogP contribution in [0.3, 0.4) is 0 Å². The maximum absolute atomic E-state index is 13.7. The van der Waals surface area contributed by atoms with Gasteiger partial charge in [0.1, 0.15) is 0 Å². The Morgan fingerprint density at radius 1 is 1.37 bits per heavy atom. The van der Waals surface area contributed by atoms with Crippen molar-refractivity contribution in [1.82, 2.24) is 4.90 Å². The average molecular weight is 268 g/mol. The van der Waals surface area contributed by atoms with E-state index in [0.717, 1.165) is 25.1 Å². The van der Waals surface area contributed by atoms with Gasteiger partial charge in [-0.15, -0.1) is 0 Å². The molecule has 0 spiro atoms. The van der Waals surface area contributed by atoms with E-state index < -0.39 is 17.7 Å². The van der Waals surface area contributed by atoms with Crippen LogP contribution in [0, 0.1) is 17.6 Å². The van der Waals surface area contributed by atoms with Crippen molar-refractivity contribution in [1.29, 1.82) is 0 Å². The molecule has 19 heavy (non-hydrogen) atoms. The normalized spacial score (nSPS) is 17.5. The fourth-order valence-electron chi connectivity index (χ4n) is 2.56. The molecule has 1 aliphatic carbocycles. The van der Waals surface area contributed by atoms with E-state index >= 15 is 0 Å². The lowest BCUT2D eigenvalue weighted by Crippen LogP contribution is -2.37. The van der Waals surface area contributed by atoms with E-state index in [2.05, 4.69) is 11.8 Å². The largest absolute Gasteiger partial charge is 0.323 e. The average Bonchev–Trinajstić information content (AvgIpc) is 2.35. The Morgan fingerprint density at radius 3 is 2.68 bits per heavy atom. The highest BCUT2D eigenvalue weighted by atomic mass is 19.2. The molecule has 1 saturated carbocycles. The first-order valence-electron chi connectivity index (χ1n) is 7.03. The molecule has 2 rings (SSSR count). The van der Waals surface area contributed by atoms with Gasteiger partial charge in [0.25, 0.3) is 0 Å². The van der Waals surface area contributed by atoms with Gasteiger partial charge < -0.3 is 10.6 Å². The minimum atomic E-state index is -0.824. The van der Waals surface area contributed by atoms with Crippen LogP contribution in [0.4, 0.5) is 8.78 Å². The molecule has 106 valence electrons. The zero-order valence-corrected chi connectivity index (χ0v) is 11.4. The van der Waals surface area contributed by atoms with Crippen molar-refractivity contribution in [3.63, 3.8) is 0 Å². The van der Waals surface area contributed by atoms with Gasteiger partial charge in [-0.3, -0.25) is 0 Å². The summed E-state index contributed by atoms with van der Waals surface area (Å²) in [5.74, 6) is -0.880. The first-order valence-corrected chi connectivity index (χ1v) is 7.03.